The Morgan fingerprint density at radius 1 is 0.674 bits per heavy atom. The minimum Gasteiger partial charge on any atom is -0.314 e. The molecule has 2 heterocycles. The van der Waals surface area contributed by atoms with Gasteiger partial charge in [-0.25, -0.2) is 0 Å². The van der Waals surface area contributed by atoms with Gasteiger partial charge in [-0.05, 0) is 151 Å². The third-order valence-electron chi connectivity index (χ3n) is 15.2. The number of nitrogens with one attached hydrogen (secondary N) is 4. The Bertz CT molecular complexity index is 1160. The molecule has 0 aromatic heterocycles. The smallest absolute Gasteiger partial charge is 0.0429 e. The molecule has 10 fully saturated rings. The van der Waals surface area contributed by atoms with Crippen molar-refractivity contribution >= 4 is 17.2 Å². The van der Waals surface area contributed by atoms with Gasteiger partial charge in [0.25, 0.3) is 0 Å². The molecule has 3 unspecified atom stereocenters. The first-order valence-electron chi connectivity index (χ1n) is 19.7. The van der Waals surface area contributed by atoms with Crippen molar-refractivity contribution in [2.75, 3.05) is 39.3 Å². The Kier molecular flexibility index (Phi) is 8.13. The maximum atomic E-state index is 4.07. The maximum Gasteiger partial charge on any atom is 0.0429 e. The van der Waals surface area contributed by atoms with Crippen LogP contribution in [0.1, 0.15) is 115 Å². The lowest BCUT2D eigenvalue weighted by atomic mass is 9.55. The van der Waals surface area contributed by atoms with Gasteiger partial charge in [-0.1, -0.05) is 46.9 Å². The molecular weight excluding hydrogens is 598 g/mol. The molecule has 254 valence electrons. The largest absolute Gasteiger partial charge is 0.314 e. The van der Waals surface area contributed by atoms with E-state index in [9.17, 15) is 0 Å². The molecule has 0 spiro atoms. The summed E-state index contributed by atoms with van der Waals surface area (Å²) >= 11 is 0. The molecule has 11 rings (SSSR count). The standard InChI is InChI=1S/C40H64N4P2/c1-37(2,3)33-5-4-32(34(16-33)40(45,35-23-41-6-8-43-35)36-24-42-7-9-44-36)25-46(38-17-26-10-27(18-38)12-28(11-26)19-38)39-20-29-13-30(21-39)15-31(14-29)22-39/h4-5,16,26-31,35-36,41-44H,6-15,17-25,45H2,1-3H3. The first-order chi connectivity index (χ1) is 22.1. The molecule has 4 N–H and O–H groups in total. The third kappa shape index (κ3) is 5.35. The zero-order valence-corrected chi connectivity index (χ0v) is 31.4. The average Bonchev–Trinajstić information content (AvgIpc) is 3.02. The monoisotopic (exact) mass is 662 g/mol. The highest BCUT2D eigenvalue weighted by molar-refractivity contribution is 7.60. The first kappa shape index (κ1) is 31.9. The van der Waals surface area contributed by atoms with Gasteiger partial charge in [-0.2, -0.15) is 0 Å². The van der Waals surface area contributed by atoms with Crippen molar-refractivity contribution in [3.8, 4) is 0 Å². The summed E-state index contributed by atoms with van der Waals surface area (Å²) in [4.78, 5) is 0. The first-order valence-corrected chi connectivity index (χ1v) is 21.8. The maximum absolute atomic E-state index is 4.07. The van der Waals surface area contributed by atoms with Gasteiger partial charge < -0.3 is 21.3 Å². The highest BCUT2D eigenvalue weighted by Crippen LogP contribution is 2.80. The predicted octanol–water partition coefficient (Wildman–Crippen LogP) is 7.10. The summed E-state index contributed by atoms with van der Waals surface area (Å²) in [5.41, 5.74) is 5.05. The molecule has 0 radical (unpaired) electrons. The molecule has 6 heteroatoms. The van der Waals surface area contributed by atoms with Gasteiger partial charge >= 0.3 is 0 Å². The van der Waals surface area contributed by atoms with Gasteiger partial charge in [0.05, 0.1) is 0 Å². The van der Waals surface area contributed by atoms with Gasteiger partial charge in [0.1, 0.15) is 0 Å². The predicted molar refractivity (Wildman–Crippen MR) is 198 cm³/mol. The van der Waals surface area contributed by atoms with E-state index in [1.54, 1.807) is 88.2 Å². The molecule has 0 amide bonds. The number of piperazine rings is 2. The minimum absolute atomic E-state index is 0.0681. The number of benzene rings is 1. The fourth-order valence-electron chi connectivity index (χ4n) is 14.0. The lowest BCUT2D eigenvalue weighted by Crippen LogP contribution is -2.66. The number of hydrogen-bond acceptors (Lipinski definition) is 4. The van der Waals surface area contributed by atoms with Crippen molar-refractivity contribution in [1.82, 2.24) is 21.3 Å². The van der Waals surface area contributed by atoms with Gasteiger partial charge in [0.15, 0.2) is 0 Å². The molecule has 3 atom stereocenters. The Morgan fingerprint density at radius 2 is 1.11 bits per heavy atom. The molecule has 2 aliphatic heterocycles. The molecule has 1 aromatic rings. The third-order valence-corrected chi connectivity index (χ3v) is 20.3. The van der Waals surface area contributed by atoms with E-state index >= 15 is 0 Å². The van der Waals surface area contributed by atoms with Crippen LogP contribution in [0.4, 0.5) is 0 Å². The summed E-state index contributed by atoms with van der Waals surface area (Å²) in [6.45, 7) is 13.6. The Labute approximate surface area is 284 Å². The quantitative estimate of drug-likeness (QED) is 0.236. The van der Waals surface area contributed by atoms with Gasteiger partial charge in [0.2, 0.25) is 0 Å². The second-order valence-electron chi connectivity index (χ2n) is 19.3. The lowest BCUT2D eigenvalue weighted by molar-refractivity contribution is 0.0184. The van der Waals surface area contributed by atoms with E-state index < -0.39 is 0 Å². The molecule has 46 heavy (non-hydrogen) atoms. The van der Waals surface area contributed by atoms with Crippen molar-refractivity contribution in [3.63, 3.8) is 0 Å². The molecule has 4 nitrogen and oxygen atoms in total. The van der Waals surface area contributed by atoms with E-state index in [0.29, 0.717) is 22.4 Å². The van der Waals surface area contributed by atoms with Crippen molar-refractivity contribution in [2.45, 2.75) is 137 Å². The van der Waals surface area contributed by atoms with Crippen LogP contribution in [-0.2, 0) is 16.7 Å². The van der Waals surface area contributed by atoms with Crippen molar-refractivity contribution in [2.24, 2.45) is 35.5 Å². The summed E-state index contributed by atoms with van der Waals surface area (Å²) in [6, 6.07) is 8.76. The Balaban J connectivity index is 1.18. The summed E-state index contributed by atoms with van der Waals surface area (Å²) in [6.07, 6.45) is 20.4. The normalized spacial score (nSPS) is 45.1. The fraction of sp³-hybridized carbons (Fsp3) is 0.850. The van der Waals surface area contributed by atoms with Crippen molar-refractivity contribution in [1.29, 1.82) is 0 Å². The van der Waals surface area contributed by atoms with E-state index in [-0.39, 0.29) is 18.5 Å². The highest BCUT2D eigenvalue weighted by atomic mass is 31.1. The second kappa shape index (κ2) is 11.7. The van der Waals surface area contributed by atoms with Crippen LogP contribution in [0, 0.1) is 35.5 Å². The molecule has 8 bridgehead atoms. The molecular formula is C40H64N4P2. The van der Waals surface area contributed by atoms with Crippen LogP contribution >= 0.6 is 17.2 Å². The SMILES string of the molecule is CC(C)(C)c1ccc(CP(C23CC4CC(CC(C4)C2)C3)C23CC4CC(CC(C4)C2)C3)c(C(P)(C2CNCCN2)C2CNCCN2)c1. The van der Waals surface area contributed by atoms with E-state index in [0.717, 1.165) is 74.8 Å². The van der Waals surface area contributed by atoms with Gasteiger partial charge in [-0.15, -0.1) is 9.24 Å². The van der Waals surface area contributed by atoms with Crippen LogP contribution in [0.5, 0.6) is 0 Å². The topological polar surface area (TPSA) is 48.1 Å². The average molecular weight is 663 g/mol. The van der Waals surface area contributed by atoms with Crippen molar-refractivity contribution < 1.29 is 0 Å². The summed E-state index contributed by atoms with van der Waals surface area (Å²) in [5.74, 6) is 6.27. The zero-order valence-electron chi connectivity index (χ0n) is 29.3. The summed E-state index contributed by atoms with van der Waals surface area (Å²) in [7, 11) is 3.46. The van der Waals surface area contributed by atoms with Gasteiger partial charge in [-0.3, -0.25) is 0 Å². The summed E-state index contributed by atoms with van der Waals surface area (Å²) < 4.78 is 0. The van der Waals surface area contributed by atoms with Crippen LogP contribution in [0.3, 0.4) is 0 Å². The molecule has 1 aromatic carbocycles. The molecule has 2 saturated heterocycles. The second-order valence-corrected chi connectivity index (χ2v) is 23.4. The Hall–Kier alpha value is -0.0800. The number of rotatable bonds is 7. The van der Waals surface area contributed by atoms with Crippen LogP contribution in [-0.4, -0.2) is 61.7 Å². The van der Waals surface area contributed by atoms with E-state index in [1.807, 2.05) is 0 Å². The molecule has 8 saturated carbocycles. The van der Waals surface area contributed by atoms with Crippen molar-refractivity contribution in [3.05, 3.63) is 34.9 Å². The van der Waals surface area contributed by atoms with Crippen LogP contribution in [0.15, 0.2) is 18.2 Å². The highest BCUT2D eigenvalue weighted by Gasteiger charge is 2.62. The molecule has 10 aliphatic rings. The summed E-state index contributed by atoms with van der Waals surface area (Å²) in [5, 5.41) is 17.0. The van der Waals surface area contributed by atoms with E-state index in [2.05, 4.69) is 69.5 Å². The molecule has 8 aliphatic carbocycles. The van der Waals surface area contributed by atoms with E-state index in [4.69, 9.17) is 0 Å². The minimum atomic E-state index is -0.102. The van der Waals surface area contributed by atoms with Crippen LogP contribution in [0.25, 0.3) is 0 Å². The van der Waals surface area contributed by atoms with E-state index in [1.165, 1.54) is 11.7 Å². The van der Waals surface area contributed by atoms with Crippen LogP contribution in [0.2, 0.25) is 0 Å². The zero-order chi connectivity index (χ0) is 31.3. The lowest BCUT2D eigenvalue weighted by Gasteiger charge is -2.67. The van der Waals surface area contributed by atoms with Crippen LogP contribution < -0.4 is 21.3 Å². The number of hydrogen-bond donors (Lipinski definition) is 4. The fourth-order valence-corrected chi connectivity index (χ4v) is 19.9. The Morgan fingerprint density at radius 3 is 1.48 bits per heavy atom. The van der Waals surface area contributed by atoms with Gasteiger partial charge in [0, 0.05) is 56.5 Å².